The van der Waals surface area contributed by atoms with Crippen molar-refractivity contribution in [1.29, 1.82) is 0 Å². The molecule has 2 amide bonds. The highest BCUT2D eigenvalue weighted by molar-refractivity contribution is 5.73. The molecule has 0 aromatic heterocycles. The predicted molar refractivity (Wildman–Crippen MR) is 99.0 cm³/mol. The van der Waals surface area contributed by atoms with Crippen molar-refractivity contribution in [2.24, 2.45) is 0 Å². The zero-order valence-corrected chi connectivity index (χ0v) is 14.7. The molecule has 0 aliphatic heterocycles. The molecule has 25 heavy (non-hydrogen) atoms. The van der Waals surface area contributed by atoms with E-state index in [1.54, 1.807) is 7.11 Å². The van der Waals surface area contributed by atoms with Gasteiger partial charge in [-0.05, 0) is 49.1 Å². The number of para-hydroxylation sites is 1. The van der Waals surface area contributed by atoms with Crippen LogP contribution in [0.5, 0.6) is 11.5 Å². The number of benzene rings is 2. The molecule has 0 fully saturated rings. The maximum Gasteiger partial charge on any atom is 0.315 e. The zero-order chi connectivity index (χ0) is 17.7. The van der Waals surface area contributed by atoms with Gasteiger partial charge in [0.2, 0.25) is 0 Å². The number of hydrogen-bond acceptors (Lipinski definition) is 3. The SMILES string of the molecule is COc1ccc(CNC(=O)NCCCCCOc2ccccc2)cc1. The maximum absolute atomic E-state index is 11.7. The number of urea groups is 1. The molecule has 5 heteroatoms. The van der Waals surface area contributed by atoms with E-state index < -0.39 is 0 Å². The van der Waals surface area contributed by atoms with Crippen LogP contribution in [0.4, 0.5) is 4.79 Å². The Kier molecular flexibility index (Phi) is 8.18. The third kappa shape index (κ3) is 7.61. The van der Waals surface area contributed by atoms with Gasteiger partial charge in [0.15, 0.2) is 0 Å². The average Bonchev–Trinajstić information content (AvgIpc) is 2.67. The Morgan fingerprint density at radius 1 is 0.880 bits per heavy atom. The molecule has 134 valence electrons. The predicted octanol–water partition coefficient (Wildman–Crippen LogP) is 3.74. The number of unbranched alkanes of at least 4 members (excludes halogenated alkanes) is 2. The van der Waals surface area contributed by atoms with Gasteiger partial charge >= 0.3 is 6.03 Å². The summed E-state index contributed by atoms with van der Waals surface area (Å²) in [4.78, 5) is 11.7. The fourth-order valence-electron chi connectivity index (χ4n) is 2.30. The first kappa shape index (κ1) is 18.6. The summed E-state index contributed by atoms with van der Waals surface area (Å²) in [6, 6.07) is 17.3. The molecule has 0 aliphatic carbocycles. The number of hydrogen-bond donors (Lipinski definition) is 2. The van der Waals surface area contributed by atoms with Crippen molar-refractivity contribution in [3.8, 4) is 11.5 Å². The monoisotopic (exact) mass is 342 g/mol. The highest BCUT2D eigenvalue weighted by Gasteiger charge is 2.00. The Labute approximate surface area is 149 Å². The minimum Gasteiger partial charge on any atom is -0.497 e. The molecule has 0 bridgehead atoms. The molecule has 0 unspecified atom stereocenters. The molecule has 2 N–H and O–H groups in total. The number of methoxy groups -OCH3 is 1. The molecular weight excluding hydrogens is 316 g/mol. The molecule has 2 aromatic carbocycles. The lowest BCUT2D eigenvalue weighted by atomic mass is 10.2. The number of amides is 2. The Bertz CT molecular complexity index is 615. The van der Waals surface area contributed by atoms with Gasteiger partial charge in [0.1, 0.15) is 11.5 Å². The maximum atomic E-state index is 11.7. The molecule has 5 nitrogen and oxygen atoms in total. The van der Waals surface area contributed by atoms with Gasteiger partial charge in [-0.3, -0.25) is 0 Å². The van der Waals surface area contributed by atoms with Gasteiger partial charge in [-0.2, -0.15) is 0 Å². The highest BCUT2D eigenvalue weighted by Crippen LogP contribution is 2.11. The largest absolute Gasteiger partial charge is 0.497 e. The number of rotatable bonds is 10. The van der Waals surface area contributed by atoms with Crippen LogP contribution in [0.2, 0.25) is 0 Å². The number of carbonyl (C=O) groups is 1. The standard InChI is InChI=1S/C20H26N2O3/c1-24-18-12-10-17(11-13-18)16-22-20(23)21-14-6-3-7-15-25-19-8-4-2-5-9-19/h2,4-5,8-13H,3,6-7,14-16H2,1H3,(H2,21,22,23). The number of carbonyl (C=O) groups excluding carboxylic acids is 1. The summed E-state index contributed by atoms with van der Waals surface area (Å²) in [5, 5.41) is 5.71. The van der Waals surface area contributed by atoms with E-state index in [0.29, 0.717) is 19.7 Å². The Morgan fingerprint density at radius 2 is 1.64 bits per heavy atom. The van der Waals surface area contributed by atoms with Gasteiger partial charge in [0.05, 0.1) is 13.7 Å². The van der Waals surface area contributed by atoms with Crippen LogP contribution in [-0.2, 0) is 6.54 Å². The molecule has 0 radical (unpaired) electrons. The first-order chi connectivity index (χ1) is 12.3. The topological polar surface area (TPSA) is 59.6 Å². The fourth-order valence-corrected chi connectivity index (χ4v) is 2.30. The lowest BCUT2D eigenvalue weighted by molar-refractivity contribution is 0.240. The summed E-state index contributed by atoms with van der Waals surface area (Å²) >= 11 is 0. The summed E-state index contributed by atoms with van der Waals surface area (Å²) in [5.41, 5.74) is 1.04. The van der Waals surface area contributed by atoms with Crippen molar-refractivity contribution >= 4 is 6.03 Å². The molecule has 0 spiro atoms. The summed E-state index contributed by atoms with van der Waals surface area (Å²) < 4.78 is 10.7. The van der Waals surface area contributed by atoms with E-state index in [1.807, 2.05) is 54.6 Å². The summed E-state index contributed by atoms with van der Waals surface area (Å²) in [7, 11) is 1.63. The lowest BCUT2D eigenvalue weighted by Gasteiger charge is -2.09. The second-order valence-corrected chi connectivity index (χ2v) is 5.68. The third-order valence-electron chi connectivity index (χ3n) is 3.73. The van der Waals surface area contributed by atoms with E-state index in [4.69, 9.17) is 9.47 Å². The van der Waals surface area contributed by atoms with Crippen molar-refractivity contribution in [1.82, 2.24) is 10.6 Å². The quantitative estimate of drug-likeness (QED) is 0.647. The zero-order valence-electron chi connectivity index (χ0n) is 14.7. The summed E-state index contributed by atoms with van der Waals surface area (Å²) in [5.74, 6) is 1.71. The van der Waals surface area contributed by atoms with Crippen molar-refractivity contribution in [3.63, 3.8) is 0 Å². The van der Waals surface area contributed by atoms with E-state index >= 15 is 0 Å². The second kappa shape index (κ2) is 11.0. The molecule has 2 rings (SSSR count). The van der Waals surface area contributed by atoms with Crippen LogP contribution in [0.25, 0.3) is 0 Å². The Balaban J connectivity index is 1.47. The van der Waals surface area contributed by atoms with Crippen LogP contribution in [0.15, 0.2) is 54.6 Å². The first-order valence-electron chi connectivity index (χ1n) is 8.60. The van der Waals surface area contributed by atoms with E-state index in [1.165, 1.54) is 0 Å². The summed E-state index contributed by atoms with van der Waals surface area (Å²) in [6.07, 6.45) is 2.93. The van der Waals surface area contributed by atoms with Gasteiger partial charge < -0.3 is 20.1 Å². The van der Waals surface area contributed by atoms with Crippen molar-refractivity contribution in [2.45, 2.75) is 25.8 Å². The minimum atomic E-state index is -0.142. The third-order valence-corrected chi connectivity index (χ3v) is 3.73. The normalized spacial score (nSPS) is 10.1. The van der Waals surface area contributed by atoms with Crippen LogP contribution >= 0.6 is 0 Å². The van der Waals surface area contributed by atoms with Crippen LogP contribution in [0.3, 0.4) is 0 Å². The van der Waals surface area contributed by atoms with Gasteiger partial charge in [0.25, 0.3) is 0 Å². The van der Waals surface area contributed by atoms with Crippen LogP contribution in [0, 0.1) is 0 Å². The van der Waals surface area contributed by atoms with Gasteiger partial charge in [-0.15, -0.1) is 0 Å². The molecule has 0 heterocycles. The van der Waals surface area contributed by atoms with Crippen LogP contribution < -0.4 is 20.1 Å². The van der Waals surface area contributed by atoms with E-state index in [0.717, 1.165) is 36.3 Å². The molecule has 0 atom stereocenters. The molecule has 2 aromatic rings. The number of ether oxygens (including phenoxy) is 2. The van der Waals surface area contributed by atoms with Gasteiger partial charge in [-0.25, -0.2) is 4.79 Å². The fraction of sp³-hybridized carbons (Fsp3) is 0.350. The van der Waals surface area contributed by atoms with Crippen LogP contribution in [-0.4, -0.2) is 26.3 Å². The smallest absolute Gasteiger partial charge is 0.315 e. The van der Waals surface area contributed by atoms with Crippen molar-refractivity contribution in [2.75, 3.05) is 20.3 Å². The number of nitrogens with one attached hydrogen (secondary N) is 2. The molecular formula is C20H26N2O3. The first-order valence-corrected chi connectivity index (χ1v) is 8.60. The second-order valence-electron chi connectivity index (χ2n) is 5.68. The van der Waals surface area contributed by atoms with Gasteiger partial charge in [-0.1, -0.05) is 30.3 Å². The molecule has 0 aliphatic rings. The van der Waals surface area contributed by atoms with E-state index in [2.05, 4.69) is 10.6 Å². The van der Waals surface area contributed by atoms with E-state index in [9.17, 15) is 4.79 Å². The van der Waals surface area contributed by atoms with Crippen LogP contribution in [0.1, 0.15) is 24.8 Å². The highest BCUT2D eigenvalue weighted by atomic mass is 16.5. The minimum absolute atomic E-state index is 0.142. The van der Waals surface area contributed by atoms with Gasteiger partial charge in [0, 0.05) is 13.1 Å². The Hall–Kier alpha value is -2.69. The van der Waals surface area contributed by atoms with Crippen molar-refractivity contribution < 1.29 is 14.3 Å². The molecule has 0 saturated heterocycles. The summed E-state index contributed by atoms with van der Waals surface area (Å²) in [6.45, 7) is 1.87. The average molecular weight is 342 g/mol. The van der Waals surface area contributed by atoms with Crippen molar-refractivity contribution in [3.05, 3.63) is 60.2 Å². The Morgan fingerprint density at radius 3 is 2.36 bits per heavy atom. The lowest BCUT2D eigenvalue weighted by Crippen LogP contribution is -2.35. The molecule has 0 saturated carbocycles. The van der Waals surface area contributed by atoms with E-state index in [-0.39, 0.29) is 6.03 Å².